The van der Waals surface area contributed by atoms with Crippen molar-refractivity contribution in [1.82, 2.24) is 15.3 Å². The molecule has 1 atom stereocenters. The van der Waals surface area contributed by atoms with Gasteiger partial charge in [-0.1, -0.05) is 0 Å². The molecule has 2 aromatic heterocycles. The number of amides is 1. The third-order valence-corrected chi connectivity index (χ3v) is 4.22. The van der Waals surface area contributed by atoms with Crippen molar-refractivity contribution in [3.63, 3.8) is 0 Å². The molecule has 0 saturated heterocycles. The molecular formula is C17H19N3O3. The number of pyridine rings is 2. The van der Waals surface area contributed by atoms with Gasteiger partial charge < -0.3 is 15.5 Å². The van der Waals surface area contributed by atoms with Crippen LogP contribution in [0.1, 0.15) is 28.9 Å². The third kappa shape index (κ3) is 3.84. The normalized spacial score (nSPS) is 21.3. The first-order chi connectivity index (χ1) is 11.1. The zero-order chi connectivity index (χ0) is 16.2. The summed E-state index contributed by atoms with van der Waals surface area (Å²) in [5.74, 6) is 0.00155. The highest BCUT2D eigenvalue weighted by atomic mass is 16.3. The number of aromatic nitrogens is 2. The first kappa shape index (κ1) is 15.4. The SMILES string of the molecule is O=C(NC(Cc1ccncc1)C1CC(O)C1)c1ccc(O)cn1. The van der Waals surface area contributed by atoms with Crippen molar-refractivity contribution in [3.05, 3.63) is 54.1 Å². The molecule has 6 heteroatoms. The Balaban J connectivity index is 1.70. The van der Waals surface area contributed by atoms with Gasteiger partial charge in [0.15, 0.2) is 0 Å². The van der Waals surface area contributed by atoms with E-state index in [1.165, 1.54) is 18.3 Å². The first-order valence-electron chi connectivity index (χ1n) is 7.64. The van der Waals surface area contributed by atoms with Crippen LogP contribution in [-0.2, 0) is 6.42 Å². The maximum Gasteiger partial charge on any atom is 0.270 e. The minimum absolute atomic E-state index is 0.0250. The summed E-state index contributed by atoms with van der Waals surface area (Å²) >= 11 is 0. The number of carbonyl (C=O) groups is 1. The molecule has 1 saturated carbocycles. The Hall–Kier alpha value is -2.47. The van der Waals surface area contributed by atoms with Gasteiger partial charge in [0, 0.05) is 18.4 Å². The molecule has 1 unspecified atom stereocenters. The van der Waals surface area contributed by atoms with Crippen molar-refractivity contribution in [3.8, 4) is 5.75 Å². The van der Waals surface area contributed by atoms with Gasteiger partial charge in [-0.2, -0.15) is 0 Å². The predicted octanol–water partition coefficient (Wildman–Crippen LogP) is 1.29. The lowest BCUT2D eigenvalue weighted by Gasteiger charge is -2.38. The summed E-state index contributed by atoms with van der Waals surface area (Å²) in [6, 6.07) is 6.71. The Morgan fingerprint density at radius 3 is 2.61 bits per heavy atom. The molecule has 3 N–H and O–H groups in total. The van der Waals surface area contributed by atoms with Gasteiger partial charge in [0.05, 0.1) is 12.3 Å². The van der Waals surface area contributed by atoms with Gasteiger partial charge in [-0.3, -0.25) is 9.78 Å². The van der Waals surface area contributed by atoms with Crippen molar-refractivity contribution in [2.75, 3.05) is 0 Å². The highest BCUT2D eigenvalue weighted by Crippen LogP contribution is 2.31. The van der Waals surface area contributed by atoms with E-state index in [1.54, 1.807) is 12.4 Å². The highest BCUT2D eigenvalue weighted by Gasteiger charge is 2.35. The number of nitrogens with zero attached hydrogens (tertiary/aromatic N) is 2. The summed E-state index contributed by atoms with van der Waals surface area (Å²) in [5, 5.41) is 21.8. The fourth-order valence-corrected chi connectivity index (χ4v) is 2.83. The van der Waals surface area contributed by atoms with Crippen molar-refractivity contribution in [2.24, 2.45) is 5.92 Å². The number of aliphatic hydroxyl groups is 1. The van der Waals surface area contributed by atoms with Crippen LogP contribution in [0.2, 0.25) is 0 Å². The number of rotatable bonds is 5. The predicted molar refractivity (Wildman–Crippen MR) is 83.8 cm³/mol. The second-order valence-corrected chi connectivity index (χ2v) is 5.93. The van der Waals surface area contributed by atoms with E-state index in [-0.39, 0.29) is 35.4 Å². The van der Waals surface area contributed by atoms with Gasteiger partial charge in [-0.15, -0.1) is 0 Å². The van der Waals surface area contributed by atoms with Crippen molar-refractivity contribution < 1.29 is 15.0 Å². The maximum atomic E-state index is 12.4. The topological polar surface area (TPSA) is 95.3 Å². The summed E-state index contributed by atoms with van der Waals surface area (Å²) in [7, 11) is 0. The van der Waals surface area contributed by atoms with Gasteiger partial charge >= 0.3 is 0 Å². The number of hydrogen-bond donors (Lipinski definition) is 3. The van der Waals surface area contributed by atoms with Crippen molar-refractivity contribution >= 4 is 5.91 Å². The van der Waals surface area contributed by atoms with Gasteiger partial charge in [0.25, 0.3) is 5.91 Å². The Bertz CT molecular complexity index is 655. The molecule has 1 aliphatic rings. The van der Waals surface area contributed by atoms with Crippen LogP contribution in [0.5, 0.6) is 5.75 Å². The van der Waals surface area contributed by atoms with Crippen molar-refractivity contribution in [2.45, 2.75) is 31.4 Å². The summed E-state index contributed by atoms with van der Waals surface area (Å²) in [5.41, 5.74) is 1.35. The number of hydrogen-bond acceptors (Lipinski definition) is 5. The van der Waals surface area contributed by atoms with Crippen LogP contribution in [0.3, 0.4) is 0 Å². The Morgan fingerprint density at radius 1 is 1.26 bits per heavy atom. The molecule has 120 valence electrons. The van der Waals surface area contributed by atoms with Crippen LogP contribution in [0.4, 0.5) is 0 Å². The van der Waals surface area contributed by atoms with E-state index in [2.05, 4.69) is 15.3 Å². The highest BCUT2D eigenvalue weighted by molar-refractivity contribution is 5.92. The fraction of sp³-hybridized carbons (Fsp3) is 0.353. The van der Waals surface area contributed by atoms with Crippen LogP contribution < -0.4 is 5.32 Å². The van der Waals surface area contributed by atoms with Crippen LogP contribution in [0.25, 0.3) is 0 Å². The molecule has 6 nitrogen and oxygen atoms in total. The second-order valence-electron chi connectivity index (χ2n) is 5.93. The van der Waals surface area contributed by atoms with Crippen LogP contribution in [-0.4, -0.2) is 38.2 Å². The first-order valence-corrected chi connectivity index (χ1v) is 7.64. The quantitative estimate of drug-likeness (QED) is 0.773. The number of carbonyl (C=O) groups excluding carboxylic acids is 1. The van der Waals surface area contributed by atoms with E-state index < -0.39 is 0 Å². The molecule has 2 aromatic rings. The standard InChI is InChI=1S/C17H19N3O3/c21-13-1-2-15(19-10-13)17(23)20-16(12-8-14(22)9-12)7-11-3-5-18-6-4-11/h1-6,10,12,14,16,21-22H,7-9H2,(H,20,23). The summed E-state index contributed by atoms with van der Waals surface area (Å²) in [6.45, 7) is 0. The van der Waals surface area contributed by atoms with E-state index in [0.29, 0.717) is 19.3 Å². The lowest BCUT2D eigenvalue weighted by atomic mass is 9.75. The van der Waals surface area contributed by atoms with Crippen LogP contribution in [0.15, 0.2) is 42.9 Å². The lowest BCUT2D eigenvalue weighted by Crippen LogP contribution is -2.48. The summed E-state index contributed by atoms with van der Waals surface area (Å²) < 4.78 is 0. The van der Waals surface area contributed by atoms with E-state index in [1.807, 2.05) is 12.1 Å². The lowest BCUT2D eigenvalue weighted by molar-refractivity contribution is 0.0238. The third-order valence-electron chi connectivity index (χ3n) is 4.22. The smallest absolute Gasteiger partial charge is 0.270 e. The zero-order valence-electron chi connectivity index (χ0n) is 12.6. The van der Waals surface area contributed by atoms with E-state index >= 15 is 0 Å². The van der Waals surface area contributed by atoms with Crippen molar-refractivity contribution in [1.29, 1.82) is 0 Å². The molecule has 1 fully saturated rings. The molecule has 0 radical (unpaired) electrons. The average molecular weight is 313 g/mol. The number of nitrogens with one attached hydrogen (secondary N) is 1. The van der Waals surface area contributed by atoms with E-state index in [9.17, 15) is 15.0 Å². The van der Waals surface area contributed by atoms with E-state index in [0.717, 1.165) is 5.56 Å². The molecule has 1 aliphatic carbocycles. The molecular weight excluding hydrogens is 294 g/mol. The minimum Gasteiger partial charge on any atom is -0.506 e. The van der Waals surface area contributed by atoms with E-state index in [4.69, 9.17) is 0 Å². The molecule has 3 rings (SSSR count). The minimum atomic E-state index is -0.274. The molecule has 0 aliphatic heterocycles. The monoisotopic (exact) mass is 313 g/mol. The van der Waals surface area contributed by atoms with Crippen LogP contribution >= 0.6 is 0 Å². The zero-order valence-corrected chi connectivity index (χ0v) is 12.6. The average Bonchev–Trinajstić information content (AvgIpc) is 2.53. The Kier molecular flexibility index (Phi) is 4.52. The number of aromatic hydroxyl groups is 1. The molecule has 0 aromatic carbocycles. The maximum absolute atomic E-state index is 12.4. The van der Waals surface area contributed by atoms with Gasteiger partial charge in [-0.05, 0) is 55.0 Å². The molecule has 1 amide bonds. The second kappa shape index (κ2) is 6.75. The van der Waals surface area contributed by atoms with Gasteiger partial charge in [-0.25, -0.2) is 4.98 Å². The number of aliphatic hydroxyl groups excluding tert-OH is 1. The molecule has 23 heavy (non-hydrogen) atoms. The molecule has 2 heterocycles. The summed E-state index contributed by atoms with van der Waals surface area (Å²) in [4.78, 5) is 20.3. The Morgan fingerprint density at radius 2 is 2.00 bits per heavy atom. The van der Waals surface area contributed by atoms with Crippen LogP contribution in [0, 0.1) is 5.92 Å². The van der Waals surface area contributed by atoms with Gasteiger partial charge in [0.2, 0.25) is 0 Å². The molecule has 0 bridgehead atoms. The summed E-state index contributed by atoms with van der Waals surface area (Å²) in [6.07, 6.45) is 6.50. The fourth-order valence-electron chi connectivity index (χ4n) is 2.83. The molecule has 0 spiro atoms. The Labute approximate surface area is 134 Å². The van der Waals surface area contributed by atoms with Gasteiger partial charge in [0.1, 0.15) is 11.4 Å². The largest absolute Gasteiger partial charge is 0.506 e.